The molecule has 0 aromatic heterocycles. The molecule has 0 rings (SSSR count). The van der Waals surface area contributed by atoms with Crippen molar-refractivity contribution >= 4 is 6.16 Å². The summed E-state index contributed by atoms with van der Waals surface area (Å²) in [6.45, 7) is 1.00. The van der Waals surface area contributed by atoms with Crippen molar-refractivity contribution in [1.82, 2.24) is 0 Å². The van der Waals surface area contributed by atoms with Crippen LogP contribution in [0.3, 0.4) is 0 Å². The minimum Gasteiger partial charge on any atom is -0.431 e. The molecule has 0 spiro atoms. The van der Waals surface area contributed by atoms with Crippen LogP contribution in [0.2, 0.25) is 0 Å². The van der Waals surface area contributed by atoms with Gasteiger partial charge in [-0.15, -0.1) is 0 Å². The van der Waals surface area contributed by atoms with Crippen molar-refractivity contribution in [2.75, 3.05) is 6.61 Å². The zero-order chi connectivity index (χ0) is 14.6. The largest absolute Gasteiger partial charge is 0.508 e. The molecule has 0 fully saturated rings. The fourth-order valence-electron chi connectivity index (χ4n) is 0.749. The summed E-state index contributed by atoms with van der Waals surface area (Å²) in [4.78, 5) is 10.7. The van der Waals surface area contributed by atoms with Gasteiger partial charge in [-0.2, -0.15) is 22.0 Å². The lowest BCUT2D eigenvalue weighted by molar-refractivity contribution is -0.252. The Morgan fingerprint density at radius 3 is 2.11 bits per heavy atom. The molecule has 0 saturated heterocycles. The molecule has 3 nitrogen and oxygen atoms in total. The highest BCUT2D eigenvalue weighted by Gasteiger charge is 2.57. The minimum absolute atomic E-state index is 0.361. The molecule has 0 heterocycles. The molecule has 0 aliphatic carbocycles. The third kappa shape index (κ3) is 5.46. The second-order valence-electron chi connectivity index (χ2n) is 3.54. The van der Waals surface area contributed by atoms with Gasteiger partial charge in [0.15, 0.2) is 6.61 Å². The summed E-state index contributed by atoms with van der Waals surface area (Å²) < 4.78 is 80.9. The van der Waals surface area contributed by atoms with Gasteiger partial charge in [0.1, 0.15) is 6.10 Å². The van der Waals surface area contributed by atoms with Crippen LogP contribution in [0.5, 0.6) is 0 Å². The first-order valence-electron chi connectivity index (χ1n) is 4.92. The Labute approximate surface area is 99.0 Å². The number of hydrogen-bond donors (Lipinski definition) is 0. The molecular formula is C9H12F6O3. The number of carbonyl (C=O) groups excluding carboxylic acids is 1. The molecule has 0 aliphatic heterocycles. The van der Waals surface area contributed by atoms with E-state index < -0.39 is 37.1 Å². The van der Waals surface area contributed by atoms with Gasteiger partial charge in [0.05, 0.1) is 0 Å². The standard InChI is InChI=1S/C9H12F6O3/c1-3-5(2)18-7(16)17-4-8(11,12)6(10)9(13,14)15/h5-6H,3-4H2,1-2H3/t5-,6-/m1/s1. The molecule has 18 heavy (non-hydrogen) atoms. The van der Waals surface area contributed by atoms with E-state index in [9.17, 15) is 31.1 Å². The van der Waals surface area contributed by atoms with E-state index in [4.69, 9.17) is 0 Å². The van der Waals surface area contributed by atoms with E-state index in [2.05, 4.69) is 9.47 Å². The van der Waals surface area contributed by atoms with Crippen LogP contribution >= 0.6 is 0 Å². The third-order valence-electron chi connectivity index (χ3n) is 1.91. The van der Waals surface area contributed by atoms with Gasteiger partial charge >= 0.3 is 18.3 Å². The molecule has 0 saturated carbocycles. The SMILES string of the molecule is CC[C@@H](C)OC(=O)OCC(F)(F)[C@@H](F)C(F)(F)F. The first-order valence-corrected chi connectivity index (χ1v) is 4.92. The first-order chi connectivity index (χ1) is 8.00. The lowest BCUT2D eigenvalue weighted by Gasteiger charge is -2.22. The molecule has 0 amide bonds. The van der Waals surface area contributed by atoms with Crippen molar-refractivity contribution in [1.29, 1.82) is 0 Å². The molecule has 0 radical (unpaired) electrons. The maximum absolute atomic E-state index is 12.7. The van der Waals surface area contributed by atoms with Crippen LogP contribution in [-0.2, 0) is 9.47 Å². The third-order valence-corrected chi connectivity index (χ3v) is 1.91. The van der Waals surface area contributed by atoms with E-state index in [-0.39, 0.29) is 0 Å². The Morgan fingerprint density at radius 1 is 1.22 bits per heavy atom. The fourth-order valence-corrected chi connectivity index (χ4v) is 0.749. The van der Waals surface area contributed by atoms with Gasteiger partial charge in [0.25, 0.3) is 6.17 Å². The summed E-state index contributed by atoms with van der Waals surface area (Å²) in [6.07, 6.45) is -12.0. The lowest BCUT2D eigenvalue weighted by atomic mass is 10.2. The van der Waals surface area contributed by atoms with E-state index in [1.807, 2.05) is 0 Å². The normalized spacial score (nSPS) is 16.0. The molecular weight excluding hydrogens is 270 g/mol. The smallest absolute Gasteiger partial charge is 0.431 e. The van der Waals surface area contributed by atoms with E-state index in [0.717, 1.165) is 0 Å². The highest BCUT2D eigenvalue weighted by Crippen LogP contribution is 2.35. The summed E-state index contributed by atoms with van der Waals surface area (Å²) in [7, 11) is 0. The summed E-state index contributed by atoms with van der Waals surface area (Å²) in [5.74, 6) is -4.85. The monoisotopic (exact) mass is 282 g/mol. The Hall–Kier alpha value is -1.15. The number of carbonyl (C=O) groups is 1. The molecule has 9 heteroatoms. The summed E-state index contributed by atoms with van der Waals surface area (Å²) >= 11 is 0. The number of ether oxygens (including phenoxy) is 2. The van der Waals surface area contributed by atoms with Crippen LogP contribution in [0, 0.1) is 0 Å². The molecule has 0 unspecified atom stereocenters. The van der Waals surface area contributed by atoms with Crippen molar-refractivity contribution < 1.29 is 40.6 Å². The van der Waals surface area contributed by atoms with Gasteiger partial charge in [-0.05, 0) is 13.3 Å². The average Bonchev–Trinajstić information content (AvgIpc) is 2.24. The maximum Gasteiger partial charge on any atom is 0.508 e. The molecule has 0 bridgehead atoms. The Balaban J connectivity index is 4.31. The highest BCUT2D eigenvalue weighted by molar-refractivity contribution is 5.60. The van der Waals surface area contributed by atoms with Crippen molar-refractivity contribution in [3.63, 3.8) is 0 Å². The van der Waals surface area contributed by atoms with Crippen molar-refractivity contribution in [3.8, 4) is 0 Å². The highest BCUT2D eigenvalue weighted by atomic mass is 19.4. The van der Waals surface area contributed by atoms with Crippen molar-refractivity contribution in [2.45, 2.75) is 44.6 Å². The van der Waals surface area contributed by atoms with Crippen molar-refractivity contribution in [3.05, 3.63) is 0 Å². The maximum atomic E-state index is 12.7. The van der Waals surface area contributed by atoms with E-state index >= 15 is 0 Å². The van der Waals surface area contributed by atoms with Crippen LogP contribution in [0.15, 0.2) is 0 Å². The van der Waals surface area contributed by atoms with Crippen LogP contribution < -0.4 is 0 Å². The van der Waals surface area contributed by atoms with Gasteiger partial charge in [-0.1, -0.05) is 6.92 Å². The van der Waals surface area contributed by atoms with E-state index in [1.165, 1.54) is 6.92 Å². The van der Waals surface area contributed by atoms with Crippen LogP contribution in [0.4, 0.5) is 31.1 Å². The fraction of sp³-hybridized carbons (Fsp3) is 0.889. The van der Waals surface area contributed by atoms with Gasteiger partial charge < -0.3 is 9.47 Å². The minimum atomic E-state index is -5.73. The summed E-state index contributed by atoms with van der Waals surface area (Å²) in [5.41, 5.74) is 0. The average molecular weight is 282 g/mol. The molecule has 108 valence electrons. The Bertz CT molecular complexity index is 278. The Kier molecular flexibility index (Phi) is 5.75. The predicted octanol–water partition coefficient (Wildman–Crippen LogP) is 3.47. The quantitative estimate of drug-likeness (QED) is 0.572. The second-order valence-corrected chi connectivity index (χ2v) is 3.54. The topological polar surface area (TPSA) is 35.5 Å². The van der Waals surface area contributed by atoms with Crippen molar-refractivity contribution in [2.24, 2.45) is 0 Å². The summed E-state index contributed by atoms with van der Waals surface area (Å²) in [6, 6.07) is 0. The summed E-state index contributed by atoms with van der Waals surface area (Å²) in [5, 5.41) is 0. The molecule has 0 aromatic rings. The van der Waals surface area contributed by atoms with Gasteiger partial charge in [0, 0.05) is 0 Å². The zero-order valence-electron chi connectivity index (χ0n) is 9.56. The number of rotatable bonds is 5. The Morgan fingerprint density at radius 2 is 1.72 bits per heavy atom. The molecule has 2 atom stereocenters. The second kappa shape index (κ2) is 6.14. The first kappa shape index (κ1) is 16.9. The molecule has 0 aliphatic rings. The number of hydrogen-bond acceptors (Lipinski definition) is 3. The molecule has 0 aromatic carbocycles. The number of halogens is 6. The number of alkyl halides is 6. The van der Waals surface area contributed by atoms with Gasteiger partial charge in [0.2, 0.25) is 0 Å². The van der Waals surface area contributed by atoms with Gasteiger partial charge in [-0.25, -0.2) is 9.18 Å². The van der Waals surface area contributed by atoms with Gasteiger partial charge in [-0.3, -0.25) is 0 Å². The van der Waals surface area contributed by atoms with E-state index in [0.29, 0.717) is 6.42 Å². The van der Waals surface area contributed by atoms with Crippen LogP contribution in [-0.4, -0.2) is 37.1 Å². The molecule has 0 N–H and O–H groups in total. The predicted molar refractivity (Wildman–Crippen MR) is 48.1 cm³/mol. The van der Waals surface area contributed by atoms with Crippen LogP contribution in [0.25, 0.3) is 0 Å². The zero-order valence-corrected chi connectivity index (χ0v) is 9.56. The lowest BCUT2D eigenvalue weighted by Crippen LogP contribution is -2.45. The van der Waals surface area contributed by atoms with Crippen LogP contribution in [0.1, 0.15) is 20.3 Å². The van der Waals surface area contributed by atoms with E-state index in [1.54, 1.807) is 6.92 Å².